The van der Waals surface area contributed by atoms with Gasteiger partial charge in [-0.05, 0) is 40.4 Å². The zero-order valence-corrected chi connectivity index (χ0v) is 11.5. The average molecular weight is 305 g/mol. The highest BCUT2D eigenvalue weighted by Crippen LogP contribution is 2.45. The first-order valence-electron chi connectivity index (χ1n) is 6.12. The minimum absolute atomic E-state index is 0.369. The lowest BCUT2D eigenvalue weighted by Crippen LogP contribution is -2.19. The van der Waals surface area contributed by atoms with Gasteiger partial charge in [0.25, 0.3) is 0 Å². The van der Waals surface area contributed by atoms with Crippen molar-refractivity contribution in [3.8, 4) is 0 Å². The number of rotatable bonds is 2. The lowest BCUT2D eigenvalue weighted by molar-refractivity contribution is 0.459. The van der Waals surface area contributed by atoms with Crippen molar-refractivity contribution in [3.05, 3.63) is 34.4 Å². The van der Waals surface area contributed by atoms with Crippen molar-refractivity contribution in [3.63, 3.8) is 0 Å². The summed E-state index contributed by atoms with van der Waals surface area (Å²) in [5, 5.41) is 1.14. The number of nitrogens with zero attached hydrogens (tertiary/aromatic N) is 1. The van der Waals surface area contributed by atoms with Crippen molar-refractivity contribution in [2.24, 2.45) is 4.99 Å². The molecule has 2 aromatic rings. The lowest BCUT2D eigenvalue weighted by Gasteiger charge is -2.24. The zero-order chi connectivity index (χ0) is 12.6. The number of halogens is 1. The second-order valence-corrected chi connectivity index (χ2v) is 5.66. The third-order valence-electron chi connectivity index (χ3n) is 3.85. The first kappa shape index (κ1) is 11.7. The summed E-state index contributed by atoms with van der Waals surface area (Å²) in [6.07, 6.45) is 7.80. The first-order chi connectivity index (χ1) is 8.77. The molecule has 3 rings (SSSR count). The zero-order valence-electron chi connectivity index (χ0n) is 9.87. The molecule has 1 aromatic carbocycles. The predicted octanol–water partition coefficient (Wildman–Crippen LogP) is 4.04. The van der Waals surface area contributed by atoms with E-state index in [1.807, 2.05) is 18.3 Å². The van der Waals surface area contributed by atoms with Gasteiger partial charge in [-0.3, -0.25) is 0 Å². The van der Waals surface area contributed by atoms with Crippen LogP contribution in [0, 0.1) is 0 Å². The molecule has 1 aliphatic rings. The van der Waals surface area contributed by atoms with Gasteiger partial charge in [0, 0.05) is 21.6 Å². The van der Waals surface area contributed by atoms with E-state index in [1.165, 1.54) is 0 Å². The van der Waals surface area contributed by atoms with E-state index >= 15 is 0 Å². The molecule has 18 heavy (non-hydrogen) atoms. The summed E-state index contributed by atoms with van der Waals surface area (Å²) >= 11 is 3.57. The molecular weight excluding hydrogens is 292 g/mol. The van der Waals surface area contributed by atoms with E-state index in [9.17, 15) is 4.79 Å². The van der Waals surface area contributed by atoms with Crippen LogP contribution in [-0.4, -0.2) is 11.1 Å². The number of carbonyl (C=O) groups excluding carboxylic acids is 1. The van der Waals surface area contributed by atoms with Gasteiger partial charge in [-0.1, -0.05) is 25.0 Å². The molecule has 0 radical (unpaired) electrons. The number of hydrogen-bond donors (Lipinski definition) is 1. The Morgan fingerprint density at radius 3 is 2.83 bits per heavy atom. The minimum Gasteiger partial charge on any atom is -0.360 e. The monoisotopic (exact) mass is 304 g/mol. The van der Waals surface area contributed by atoms with Crippen molar-refractivity contribution in [2.75, 3.05) is 0 Å². The van der Waals surface area contributed by atoms with E-state index < -0.39 is 0 Å². The normalized spacial score (nSPS) is 17.8. The van der Waals surface area contributed by atoms with Crippen LogP contribution in [0.3, 0.4) is 0 Å². The highest BCUT2D eigenvalue weighted by molar-refractivity contribution is 9.10. The molecule has 1 N–H and O–H groups in total. The standard InChI is InChI=1S/C14H13BrN2O/c15-11-8-16-12-5-3-4-10(13(11)12)14(17-9-18)6-1-2-7-14/h3-5,8,16H,1-2,6-7H2. The highest BCUT2D eigenvalue weighted by Gasteiger charge is 2.37. The molecule has 1 aromatic heterocycles. The number of isocyanates is 1. The fraction of sp³-hybridized carbons (Fsp3) is 0.357. The number of fused-ring (bicyclic) bond motifs is 1. The fourth-order valence-electron chi connectivity index (χ4n) is 3.02. The third kappa shape index (κ3) is 1.64. The van der Waals surface area contributed by atoms with Gasteiger partial charge in [-0.25, -0.2) is 4.79 Å². The molecule has 0 saturated heterocycles. The Morgan fingerprint density at radius 2 is 2.11 bits per heavy atom. The molecule has 1 fully saturated rings. The van der Waals surface area contributed by atoms with Crippen molar-refractivity contribution in [2.45, 2.75) is 31.2 Å². The molecule has 0 atom stereocenters. The Balaban J connectivity index is 2.29. The van der Waals surface area contributed by atoms with Gasteiger partial charge in [-0.15, -0.1) is 0 Å². The van der Waals surface area contributed by atoms with Gasteiger partial charge in [0.2, 0.25) is 6.08 Å². The van der Waals surface area contributed by atoms with Crippen LogP contribution in [0.25, 0.3) is 10.9 Å². The number of benzene rings is 1. The molecular formula is C14H13BrN2O. The number of H-pyrrole nitrogens is 1. The maximum Gasteiger partial charge on any atom is 0.235 e. The number of aromatic amines is 1. The van der Waals surface area contributed by atoms with Gasteiger partial charge < -0.3 is 4.98 Å². The van der Waals surface area contributed by atoms with Crippen LogP contribution in [0.2, 0.25) is 0 Å². The molecule has 4 heteroatoms. The summed E-state index contributed by atoms with van der Waals surface area (Å²) in [5.74, 6) is 0. The Hall–Kier alpha value is -1.38. The van der Waals surface area contributed by atoms with Crippen LogP contribution in [-0.2, 0) is 10.3 Å². The summed E-state index contributed by atoms with van der Waals surface area (Å²) in [6, 6.07) is 6.13. The average Bonchev–Trinajstić information content (AvgIpc) is 2.98. The quantitative estimate of drug-likeness (QED) is 0.660. The molecule has 0 unspecified atom stereocenters. The summed E-state index contributed by atoms with van der Waals surface area (Å²) in [5.41, 5.74) is 1.84. The van der Waals surface area contributed by atoms with Crippen molar-refractivity contribution in [1.29, 1.82) is 0 Å². The molecule has 3 nitrogen and oxygen atoms in total. The van der Waals surface area contributed by atoms with Gasteiger partial charge in [0.05, 0.1) is 5.54 Å². The summed E-state index contributed by atoms with van der Waals surface area (Å²) in [6.45, 7) is 0. The summed E-state index contributed by atoms with van der Waals surface area (Å²) in [4.78, 5) is 18.2. The molecule has 0 amide bonds. The van der Waals surface area contributed by atoms with E-state index in [2.05, 4.69) is 32.0 Å². The maximum atomic E-state index is 10.8. The molecule has 92 valence electrons. The minimum atomic E-state index is -0.369. The predicted molar refractivity (Wildman–Crippen MR) is 74.3 cm³/mol. The second kappa shape index (κ2) is 4.38. The Labute approximate surface area is 113 Å². The van der Waals surface area contributed by atoms with Gasteiger partial charge in [0.15, 0.2) is 0 Å². The first-order valence-corrected chi connectivity index (χ1v) is 6.91. The molecule has 0 spiro atoms. The topological polar surface area (TPSA) is 45.2 Å². The Bertz CT molecular complexity index is 634. The smallest absolute Gasteiger partial charge is 0.235 e. The number of aromatic nitrogens is 1. The van der Waals surface area contributed by atoms with Gasteiger partial charge in [0.1, 0.15) is 0 Å². The van der Waals surface area contributed by atoms with Crippen LogP contribution >= 0.6 is 15.9 Å². The van der Waals surface area contributed by atoms with Crippen molar-refractivity contribution >= 4 is 32.9 Å². The number of aliphatic imine (C=N–C) groups is 1. The van der Waals surface area contributed by atoms with Crippen molar-refractivity contribution in [1.82, 2.24) is 4.98 Å². The van der Waals surface area contributed by atoms with Gasteiger partial charge in [-0.2, -0.15) is 4.99 Å². The van der Waals surface area contributed by atoms with Gasteiger partial charge >= 0.3 is 0 Å². The number of hydrogen-bond acceptors (Lipinski definition) is 2. The molecule has 1 saturated carbocycles. The Morgan fingerprint density at radius 1 is 1.33 bits per heavy atom. The van der Waals surface area contributed by atoms with E-state index in [4.69, 9.17) is 0 Å². The fourth-order valence-corrected chi connectivity index (χ4v) is 3.56. The molecule has 1 heterocycles. The third-order valence-corrected chi connectivity index (χ3v) is 4.47. The van der Waals surface area contributed by atoms with E-state index in [-0.39, 0.29) is 5.54 Å². The summed E-state index contributed by atoms with van der Waals surface area (Å²) in [7, 11) is 0. The second-order valence-electron chi connectivity index (χ2n) is 4.81. The largest absolute Gasteiger partial charge is 0.360 e. The highest BCUT2D eigenvalue weighted by atomic mass is 79.9. The molecule has 1 aliphatic carbocycles. The van der Waals surface area contributed by atoms with E-state index in [0.717, 1.165) is 46.6 Å². The molecule has 0 bridgehead atoms. The van der Waals surface area contributed by atoms with Crippen LogP contribution in [0.1, 0.15) is 31.2 Å². The SMILES string of the molecule is O=C=NC1(c2cccc3[nH]cc(Br)c23)CCCC1. The van der Waals surface area contributed by atoms with E-state index in [1.54, 1.807) is 6.08 Å². The number of nitrogens with one attached hydrogen (secondary N) is 1. The van der Waals surface area contributed by atoms with Crippen LogP contribution in [0.15, 0.2) is 33.9 Å². The van der Waals surface area contributed by atoms with Crippen LogP contribution < -0.4 is 0 Å². The Kier molecular flexibility index (Phi) is 2.84. The van der Waals surface area contributed by atoms with Crippen LogP contribution in [0.5, 0.6) is 0 Å². The summed E-state index contributed by atoms with van der Waals surface area (Å²) < 4.78 is 1.03. The lowest BCUT2D eigenvalue weighted by atomic mass is 9.87. The van der Waals surface area contributed by atoms with Crippen LogP contribution in [0.4, 0.5) is 0 Å². The maximum absolute atomic E-state index is 10.8. The molecule has 0 aliphatic heterocycles. The van der Waals surface area contributed by atoms with Crippen molar-refractivity contribution < 1.29 is 4.79 Å². The van der Waals surface area contributed by atoms with E-state index in [0.29, 0.717) is 0 Å².